The lowest BCUT2D eigenvalue weighted by Gasteiger charge is -2.23. The zero-order valence-corrected chi connectivity index (χ0v) is 72.8. The third kappa shape index (κ3) is 14.3. The Morgan fingerprint density at radius 3 is 0.698 bits per heavy atom. The van der Waals surface area contributed by atoms with Crippen LogP contribution in [-0.4, -0.2) is 29.9 Å². The fourth-order valence-corrected chi connectivity index (χ4v) is 20.1. The maximum Gasteiger partial charge on any atom is 0.161 e. The van der Waals surface area contributed by atoms with Gasteiger partial charge in [0.1, 0.15) is 0 Å². The molecule has 0 bridgehead atoms. The number of hydrogen-bond acceptors (Lipinski definition) is 6. The molecular formula is C123H90N6. The van der Waals surface area contributed by atoms with Gasteiger partial charge in [-0.15, -0.1) is 0 Å². The highest BCUT2D eigenvalue weighted by Crippen LogP contribution is 2.58. The van der Waals surface area contributed by atoms with Gasteiger partial charge in [0.05, 0.1) is 34.2 Å². The first-order chi connectivity index (χ1) is 63.2. The fraction of sp³-hybridized carbons (Fsp3) is 0.0732. The number of fused-ring (bicyclic) bond motifs is 12. The van der Waals surface area contributed by atoms with Gasteiger partial charge < -0.3 is 0 Å². The molecule has 0 fully saturated rings. The average Bonchev–Trinajstić information content (AvgIpc) is 1.57. The predicted molar refractivity (Wildman–Crippen MR) is 537 cm³/mol. The van der Waals surface area contributed by atoms with Crippen LogP contribution in [0.25, 0.3) is 201 Å². The zero-order valence-electron chi connectivity index (χ0n) is 72.8. The second-order valence-electron chi connectivity index (χ2n) is 35.5. The topological polar surface area (TPSA) is 77.3 Å². The molecule has 24 rings (SSSR count). The van der Waals surface area contributed by atoms with E-state index in [0.717, 1.165) is 95.9 Å². The molecule has 129 heavy (non-hydrogen) atoms. The van der Waals surface area contributed by atoms with Crippen molar-refractivity contribution in [2.24, 2.45) is 0 Å². The number of benzene rings is 18. The van der Waals surface area contributed by atoms with Crippen molar-refractivity contribution in [3.8, 4) is 168 Å². The Bertz CT molecular complexity index is 7830. The first-order valence-electron chi connectivity index (χ1n) is 44.5. The van der Waals surface area contributed by atoms with Crippen LogP contribution in [0.3, 0.4) is 0 Å². The third-order valence-corrected chi connectivity index (χ3v) is 26.7. The van der Waals surface area contributed by atoms with Crippen molar-refractivity contribution >= 4 is 32.3 Å². The highest BCUT2D eigenvalue weighted by atomic mass is 14.9. The molecule has 21 aromatic rings. The van der Waals surface area contributed by atoms with E-state index in [1.807, 2.05) is 30.3 Å². The minimum absolute atomic E-state index is 0.0968. The minimum atomic E-state index is -0.127. The maximum absolute atomic E-state index is 5.34. The fourth-order valence-electron chi connectivity index (χ4n) is 20.1. The average molecular weight is 1650 g/mol. The van der Waals surface area contributed by atoms with E-state index in [1.54, 1.807) is 0 Å². The Morgan fingerprint density at radius 1 is 0.147 bits per heavy atom. The van der Waals surface area contributed by atoms with Gasteiger partial charge in [0.2, 0.25) is 0 Å². The minimum Gasteiger partial charge on any atom is -0.228 e. The molecule has 0 N–H and O–H groups in total. The van der Waals surface area contributed by atoms with E-state index >= 15 is 0 Å². The summed E-state index contributed by atoms with van der Waals surface area (Å²) in [6.07, 6.45) is 0. The van der Waals surface area contributed by atoms with Gasteiger partial charge in [0.15, 0.2) is 17.5 Å². The highest BCUT2D eigenvalue weighted by Gasteiger charge is 2.42. The van der Waals surface area contributed by atoms with Crippen molar-refractivity contribution in [2.45, 2.75) is 57.8 Å². The first kappa shape index (κ1) is 78.9. The summed E-state index contributed by atoms with van der Waals surface area (Å²) in [6, 6.07) is 155. The molecule has 18 aromatic carbocycles. The standard InChI is InChI=1S/C47H34N2.C41H30N2.C35H26N2/c1-47(2)40-23-12-11-22-39(40)45-41(47)29-35-18-9-10-21-38(35)44(45)36-19-13-20-37(28-36)46-48-42(33-16-7-4-8-17-33)30-43(49-46)34-26-24-32(25-27-34)31-14-5-3-6-15-31;1-41(2)34-20-12-11-19-33(34)38-35(41)25-31-17-9-10-18-32(31)39(38)40-42-36(29-15-7-4-8-16-29)26-37(43-40)30-23-21-28(22-24-30)27-13-5-3-6-14-27;1-35(2)28-20-12-11-19-27(28)32-29(35)21-25-17-9-10-18-26(25)33(32)34-36-30(23-13-5-3-6-14-23)22-31(37-34)24-15-7-4-8-16-24/h3-30H,1-2H3;3-26H,1-2H3;3-22H,1-2H3. The largest absolute Gasteiger partial charge is 0.228 e. The van der Waals surface area contributed by atoms with Gasteiger partial charge >= 0.3 is 0 Å². The zero-order chi connectivity index (χ0) is 86.9. The van der Waals surface area contributed by atoms with E-state index in [0.29, 0.717) is 5.82 Å². The van der Waals surface area contributed by atoms with E-state index in [4.69, 9.17) is 29.9 Å². The lowest BCUT2D eigenvalue weighted by atomic mass is 9.80. The summed E-state index contributed by atoms with van der Waals surface area (Å²) in [5.74, 6) is 2.23. The van der Waals surface area contributed by atoms with Crippen LogP contribution in [0.1, 0.15) is 74.9 Å². The van der Waals surface area contributed by atoms with E-state index in [9.17, 15) is 0 Å². The molecule has 0 aliphatic heterocycles. The lowest BCUT2D eigenvalue weighted by Crippen LogP contribution is -2.15. The predicted octanol–water partition coefficient (Wildman–Crippen LogP) is 31.8. The molecule has 3 aliphatic rings. The summed E-state index contributed by atoms with van der Waals surface area (Å²) in [7, 11) is 0. The van der Waals surface area contributed by atoms with Gasteiger partial charge in [-0.25, -0.2) is 29.9 Å². The normalized spacial score (nSPS) is 13.1. The molecule has 6 nitrogen and oxygen atoms in total. The van der Waals surface area contributed by atoms with Gasteiger partial charge in [0.25, 0.3) is 0 Å². The Labute approximate surface area is 753 Å². The molecule has 3 aliphatic carbocycles. The summed E-state index contributed by atoms with van der Waals surface area (Å²) in [5.41, 5.74) is 37.8. The molecule has 3 heterocycles. The van der Waals surface area contributed by atoms with Crippen LogP contribution in [0, 0.1) is 0 Å². The van der Waals surface area contributed by atoms with Gasteiger partial charge in [0, 0.05) is 66.3 Å². The van der Waals surface area contributed by atoms with Gasteiger partial charge in [-0.2, -0.15) is 0 Å². The van der Waals surface area contributed by atoms with Crippen LogP contribution in [-0.2, 0) is 16.2 Å². The SMILES string of the molecule is CC1(C)c2ccccc2-c2c1cc1ccccc1c2-c1cccc(-c2nc(-c3ccccc3)cc(-c3ccc(-c4ccccc4)cc3)n2)c1.CC1(C)c2ccccc2-c2c1cc1ccccc1c2-c1nc(-c2ccccc2)cc(-c2ccc(-c3ccccc3)cc2)n1.CC1(C)c2ccccc2-c2c1cc1ccccc1c2-c1nc(-c2ccccc2)cc(-c2ccccc2)n1. The Hall–Kier alpha value is -16.0. The monoisotopic (exact) mass is 1650 g/mol. The molecule has 0 atom stereocenters. The van der Waals surface area contributed by atoms with E-state index in [2.05, 4.69) is 448 Å². The Balaban J connectivity index is 0.000000115. The summed E-state index contributed by atoms with van der Waals surface area (Å²) < 4.78 is 0. The van der Waals surface area contributed by atoms with Crippen molar-refractivity contribution in [3.05, 3.63) is 470 Å². The summed E-state index contributed by atoms with van der Waals surface area (Å²) in [6.45, 7) is 14.0. The van der Waals surface area contributed by atoms with Crippen molar-refractivity contribution < 1.29 is 0 Å². The molecule has 0 saturated carbocycles. The summed E-state index contributed by atoms with van der Waals surface area (Å²) in [5, 5.41) is 7.28. The van der Waals surface area contributed by atoms with E-state index in [-0.39, 0.29) is 16.2 Å². The van der Waals surface area contributed by atoms with E-state index in [1.165, 1.54) is 132 Å². The van der Waals surface area contributed by atoms with Gasteiger partial charge in [-0.1, -0.05) is 436 Å². The second kappa shape index (κ2) is 32.5. The maximum atomic E-state index is 5.34. The lowest BCUT2D eigenvalue weighted by molar-refractivity contribution is 0.661. The van der Waals surface area contributed by atoms with E-state index < -0.39 is 0 Å². The third-order valence-electron chi connectivity index (χ3n) is 26.7. The molecule has 0 saturated heterocycles. The van der Waals surface area contributed by atoms with Crippen LogP contribution < -0.4 is 0 Å². The number of aromatic nitrogens is 6. The molecule has 3 aromatic heterocycles. The molecule has 6 heteroatoms. The van der Waals surface area contributed by atoms with Crippen molar-refractivity contribution in [2.75, 3.05) is 0 Å². The van der Waals surface area contributed by atoms with Crippen LogP contribution in [0.5, 0.6) is 0 Å². The molecule has 0 radical (unpaired) electrons. The number of nitrogens with zero attached hydrogens (tertiary/aromatic N) is 6. The molecular weight excluding hydrogens is 1560 g/mol. The Morgan fingerprint density at radius 2 is 0.372 bits per heavy atom. The summed E-state index contributed by atoms with van der Waals surface area (Å²) in [4.78, 5) is 31.5. The highest BCUT2D eigenvalue weighted by molar-refractivity contribution is 6.11. The number of hydrogen-bond donors (Lipinski definition) is 0. The Kier molecular flexibility index (Phi) is 19.9. The van der Waals surface area contributed by atoms with Crippen LogP contribution in [0.4, 0.5) is 0 Å². The van der Waals surface area contributed by atoms with Crippen LogP contribution in [0.15, 0.2) is 437 Å². The smallest absolute Gasteiger partial charge is 0.161 e. The van der Waals surface area contributed by atoms with Gasteiger partial charge in [-0.3, -0.25) is 0 Å². The van der Waals surface area contributed by atoms with Crippen LogP contribution in [0.2, 0.25) is 0 Å². The molecule has 0 amide bonds. The van der Waals surface area contributed by atoms with Crippen LogP contribution >= 0.6 is 0 Å². The molecule has 612 valence electrons. The first-order valence-corrected chi connectivity index (χ1v) is 44.5. The van der Waals surface area contributed by atoms with Crippen molar-refractivity contribution in [1.82, 2.24) is 29.9 Å². The van der Waals surface area contributed by atoms with Crippen molar-refractivity contribution in [1.29, 1.82) is 0 Å². The molecule has 0 spiro atoms. The number of rotatable bonds is 12. The quantitative estimate of drug-likeness (QED) is 0.121. The van der Waals surface area contributed by atoms with Crippen molar-refractivity contribution in [3.63, 3.8) is 0 Å². The second-order valence-corrected chi connectivity index (χ2v) is 35.5. The van der Waals surface area contributed by atoms with Gasteiger partial charge in [-0.05, 0) is 175 Å². The molecule has 0 unspecified atom stereocenters. The summed E-state index contributed by atoms with van der Waals surface area (Å²) >= 11 is 0.